The SMILES string of the molecule is CC(Nc1ccc(Cl)cc1F)c1ccc2[nH]c(=O)[nH]c2c1. The quantitative estimate of drug-likeness (QED) is 0.689. The van der Waals surface area contributed by atoms with Gasteiger partial charge in [0.25, 0.3) is 0 Å². The van der Waals surface area contributed by atoms with Crippen LogP contribution in [-0.2, 0) is 0 Å². The third-order valence-corrected chi connectivity index (χ3v) is 3.58. The molecular weight excluding hydrogens is 293 g/mol. The molecule has 0 saturated carbocycles. The number of hydrogen-bond acceptors (Lipinski definition) is 2. The van der Waals surface area contributed by atoms with Crippen molar-refractivity contribution in [3.05, 3.63) is 63.3 Å². The summed E-state index contributed by atoms with van der Waals surface area (Å²) >= 11 is 5.73. The summed E-state index contributed by atoms with van der Waals surface area (Å²) in [5, 5.41) is 3.45. The van der Waals surface area contributed by atoms with Crippen LogP contribution >= 0.6 is 11.6 Å². The van der Waals surface area contributed by atoms with Crippen molar-refractivity contribution in [2.75, 3.05) is 5.32 Å². The molecule has 6 heteroatoms. The average molecular weight is 306 g/mol. The van der Waals surface area contributed by atoms with E-state index in [0.29, 0.717) is 10.7 Å². The van der Waals surface area contributed by atoms with Crippen molar-refractivity contribution in [2.24, 2.45) is 0 Å². The first kappa shape index (κ1) is 13.7. The Labute approximate surface area is 125 Å². The molecule has 3 aromatic rings. The van der Waals surface area contributed by atoms with Gasteiger partial charge in [0.05, 0.1) is 16.7 Å². The molecule has 0 saturated heterocycles. The second kappa shape index (κ2) is 5.26. The predicted molar refractivity (Wildman–Crippen MR) is 82.4 cm³/mol. The van der Waals surface area contributed by atoms with Crippen LogP contribution in [0.25, 0.3) is 11.0 Å². The maximum atomic E-state index is 13.8. The largest absolute Gasteiger partial charge is 0.376 e. The van der Waals surface area contributed by atoms with Crippen LogP contribution in [0.15, 0.2) is 41.2 Å². The summed E-state index contributed by atoms with van der Waals surface area (Å²) in [5.41, 5.74) is 2.55. The Morgan fingerprint density at radius 3 is 2.67 bits per heavy atom. The van der Waals surface area contributed by atoms with Gasteiger partial charge in [-0.05, 0) is 42.8 Å². The molecule has 0 bridgehead atoms. The molecule has 2 aromatic carbocycles. The van der Waals surface area contributed by atoms with Gasteiger partial charge in [-0.2, -0.15) is 0 Å². The Hall–Kier alpha value is -2.27. The monoisotopic (exact) mass is 305 g/mol. The zero-order valence-corrected chi connectivity index (χ0v) is 12.0. The number of hydrogen-bond donors (Lipinski definition) is 3. The molecule has 1 unspecified atom stereocenters. The number of aromatic nitrogens is 2. The van der Waals surface area contributed by atoms with Crippen molar-refractivity contribution in [2.45, 2.75) is 13.0 Å². The first-order chi connectivity index (χ1) is 10.0. The zero-order valence-electron chi connectivity index (χ0n) is 11.2. The lowest BCUT2D eigenvalue weighted by Gasteiger charge is -2.16. The zero-order chi connectivity index (χ0) is 15.0. The van der Waals surface area contributed by atoms with Crippen LogP contribution in [0.1, 0.15) is 18.5 Å². The maximum absolute atomic E-state index is 13.8. The second-order valence-corrected chi connectivity index (χ2v) is 5.31. The highest BCUT2D eigenvalue weighted by molar-refractivity contribution is 6.30. The van der Waals surface area contributed by atoms with Crippen molar-refractivity contribution >= 4 is 28.3 Å². The molecule has 0 aliphatic heterocycles. The van der Waals surface area contributed by atoms with Crippen molar-refractivity contribution in [3.63, 3.8) is 0 Å². The van der Waals surface area contributed by atoms with Crippen LogP contribution in [-0.4, -0.2) is 9.97 Å². The molecule has 1 atom stereocenters. The van der Waals surface area contributed by atoms with Gasteiger partial charge in [0.1, 0.15) is 5.82 Å². The Bertz CT molecular complexity index is 855. The minimum Gasteiger partial charge on any atom is -0.376 e. The Balaban J connectivity index is 1.89. The molecule has 3 N–H and O–H groups in total. The van der Waals surface area contributed by atoms with Gasteiger partial charge < -0.3 is 15.3 Å². The van der Waals surface area contributed by atoms with Crippen molar-refractivity contribution in [1.29, 1.82) is 0 Å². The third-order valence-electron chi connectivity index (χ3n) is 3.34. The van der Waals surface area contributed by atoms with Crippen LogP contribution in [0, 0.1) is 5.82 Å². The highest BCUT2D eigenvalue weighted by atomic mass is 35.5. The normalized spacial score (nSPS) is 12.5. The number of halogens is 2. The van der Waals surface area contributed by atoms with Gasteiger partial charge in [-0.1, -0.05) is 17.7 Å². The van der Waals surface area contributed by atoms with Crippen LogP contribution in [0.2, 0.25) is 5.02 Å². The van der Waals surface area contributed by atoms with E-state index in [1.54, 1.807) is 12.1 Å². The van der Waals surface area contributed by atoms with Crippen LogP contribution in [0.3, 0.4) is 0 Å². The average Bonchev–Trinajstić information content (AvgIpc) is 2.80. The minimum absolute atomic E-state index is 0.122. The molecule has 0 aliphatic carbocycles. The molecule has 0 radical (unpaired) electrons. The van der Waals surface area contributed by atoms with Crippen LogP contribution < -0.4 is 11.0 Å². The van der Waals surface area contributed by atoms with Gasteiger partial charge in [0, 0.05) is 11.1 Å². The van der Waals surface area contributed by atoms with Crippen molar-refractivity contribution in [3.8, 4) is 0 Å². The lowest BCUT2D eigenvalue weighted by molar-refractivity contribution is 0.627. The molecular formula is C15H13ClFN3O. The van der Waals surface area contributed by atoms with Gasteiger partial charge in [-0.3, -0.25) is 0 Å². The number of imidazole rings is 1. The van der Waals surface area contributed by atoms with Crippen molar-refractivity contribution < 1.29 is 4.39 Å². The maximum Gasteiger partial charge on any atom is 0.323 e. The van der Waals surface area contributed by atoms with Gasteiger partial charge in [0.15, 0.2) is 0 Å². The van der Waals surface area contributed by atoms with E-state index < -0.39 is 5.82 Å². The molecule has 4 nitrogen and oxygen atoms in total. The molecule has 3 rings (SSSR count). The van der Waals surface area contributed by atoms with Crippen LogP contribution in [0.4, 0.5) is 10.1 Å². The van der Waals surface area contributed by atoms with Crippen LogP contribution in [0.5, 0.6) is 0 Å². The fourth-order valence-electron chi connectivity index (χ4n) is 2.24. The van der Waals surface area contributed by atoms with E-state index in [1.165, 1.54) is 6.07 Å². The summed E-state index contributed by atoms with van der Waals surface area (Å²) in [6.07, 6.45) is 0. The number of aromatic amines is 2. The Kier molecular flexibility index (Phi) is 3.43. The molecule has 108 valence electrons. The van der Waals surface area contributed by atoms with Gasteiger partial charge in [-0.15, -0.1) is 0 Å². The molecule has 1 aromatic heterocycles. The summed E-state index contributed by atoms with van der Waals surface area (Å²) in [4.78, 5) is 16.6. The lowest BCUT2D eigenvalue weighted by Crippen LogP contribution is -2.07. The minimum atomic E-state index is -0.398. The first-order valence-electron chi connectivity index (χ1n) is 6.46. The van der Waals surface area contributed by atoms with E-state index in [2.05, 4.69) is 15.3 Å². The number of anilines is 1. The summed E-state index contributed by atoms with van der Waals surface area (Å²) < 4.78 is 13.8. The Morgan fingerprint density at radius 1 is 1.14 bits per heavy atom. The number of benzene rings is 2. The fraction of sp³-hybridized carbons (Fsp3) is 0.133. The van der Waals surface area contributed by atoms with E-state index in [0.717, 1.165) is 16.6 Å². The topological polar surface area (TPSA) is 60.7 Å². The number of nitrogens with one attached hydrogen (secondary N) is 3. The molecule has 0 spiro atoms. The summed E-state index contributed by atoms with van der Waals surface area (Å²) in [6.45, 7) is 1.92. The van der Waals surface area contributed by atoms with E-state index in [4.69, 9.17) is 11.6 Å². The van der Waals surface area contributed by atoms with E-state index in [1.807, 2.05) is 25.1 Å². The molecule has 21 heavy (non-hydrogen) atoms. The first-order valence-corrected chi connectivity index (χ1v) is 6.84. The smallest absolute Gasteiger partial charge is 0.323 e. The third kappa shape index (κ3) is 2.78. The number of rotatable bonds is 3. The summed E-state index contributed by atoms with van der Waals surface area (Å²) in [6, 6.07) is 9.94. The van der Waals surface area contributed by atoms with E-state index in [9.17, 15) is 9.18 Å². The molecule has 0 amide bonds. The highest BCUT2D eigenvalue weighted by Gasteiger charge is 2.10. The van der Waals surface area contributed by atoms with Crippen molar-refractivity contribution in [1.82, 2.24) is 9.97 Å². The van der Waals surface area contributed by atoms with Gasteiger partial charge >= 0.3 is 5.69 Å². The predicted octanol–water partition coefficient (Wildman–Crippen LogP) is 3.82. The second-order valence-electron chi connectivity index (χ2n) is 4.87. The van der Waals surface area contributed by atoms with E-state index in [-0.39, 0.29) is 11.7 Å². The molecule has 0 fully saturated rings. The number of H-pyrrole nitrogens is 2. The molecule has 0 aliphatic rings. The number of fused-ring (bicyclic) bond motifs is 1. The van der Waals surface area contributed by atoms with E-state index >= 15 is 0 Å². The Morgan fingerprint density at radius 2 is 1.90 bits per heavy atom. The summed E-state index contributed by atoms with van der Waals surface area (Å²) in [7, 11) is 0. The van der Waals surface area contributed by atoms with Gasteiger partial charge in [0.2, 0.25) is 0 Å². The standard InChI is InChI=1S/C15H13ClFN3O/c1-8(18-12-5-3-10(16)7-11(12)17)9-2-4-13-14(6-9)20-15(21)19-13/h2-8,18H,1H3,(H2,19,20,21). The fourth-order valence-corrected chi connectivity index (χ4v) is 2.40. The lowest BCUT2D eigenvalue weighted by atomic mass is 10.1. The summed E-state index contributed by atoms with van der Waals surface area (Å²) in [5.74, 6) is -0.398. The van der Waals surface area contributed by atoms with Gasteiger partial charge in [-0.25, -0.2) is 9.18 Å². The highest BCUT2D eigenvalue weighted by Crippen LogP contribution is 2.25. The molecule has 1 heterocycles.